The second-order valence-electron chi connectivity index (χ2n) is 14.7. The Morgan fingerprint density at radius 3 is 2.09 bits per heavy atom. The summed E-state index contributed by atoms with van der Waals surface area (Å²) in [5.74, 6) is 0.745. The molecule has 0 amide bonds. The molecule has 258 valence electrons. The molecule has 1 aromatic heterocycles. The predicted molar refractivity (Wildman–Crippen MR) is 226 cm³/mol. The summed E-state index contributed by atoms with van der Waals surface area (Å²) in [6.07, 6.45) is 32.3. The Bertz CT molecular complexity index is 2460. The van der Waals surface area contributed by atoms with Crippen LogP contribution in [0, 0.1) is 11.8 Å². The van der Waals surface area contributed by atoms with Crippen molar-refractivity contribution in [2.75, 3.05) is 0 Å². The fourth-order valence-corrected chi connectivity index (χ4v) is 8.67. The van der Waals surface area contributed by atoms with E-state index in [1.807, 2.05) is 6.07 Å². The van der Waals surface area contributed by atoms with Crippen LogP contribution in [-0.4, -0.2) is 16.7 Å². The minimum absolute atomic E-state index is 0.000654. The van der Waals surface area contributed by atoms with Crippen molar-refractivity contribution < 1.29 is 0 Å². The molecule has 0 saturated carbocycles. The van der Waals surface area contributed by atoms with Crippen LogP contribution in [0.15, 0.2) is 168 Å². The highest BCUT2D eigenvalue weighted by Crippen LogP contribution is 2.53. The molecule has 4 aromatic carbocycles. The molecule has 0 spiro atoms. The molecule has 0 N–H and O–H groups in total. The van der Waals surface area contributed by atoms with Gasteiger partial charge in [-0.1, -0.05) is 172 Å². The van der Waals surface area contributed by atoms with Crippen molar-refractivity contribution in [3.63, 3.8) is 0 Å². The fraction of sp³-hybridized carbons (Fsp3) is 0.176. The fourth-order valence-electron chi connectivity index (χ4n) is 8.67. The molecule has 0 radical (unpaired) electrons. The van der Waals surface area contributed by atoms with Crippen molar-refractivity contribution in [1.82, 2.24) is 4.98 Å². The van der Waals surface area contributed by atoms with Gasteiger partial charge < -0.3 is 0 Å². The lowest BCUT2D eigenvalue weighted by atomic mass is 9.73. The van der Waals surface area contributed by atoms with Crippen molar-refractivity contribution in [3.05, 3.63) is 191 Å². The molecule has 0 bridgehead atoms. The smallest absolute Gasteiger partial charge is 0.0783 e. The van der Waals surface area contributed by atoms with E-state index in [4.69, 9.17) is 9.98 Å². The summed E-state index contributed by atoms with van der Waals surface area (Å²) in [4.78, 5) is 9.94. The number of aromatic nitrogens is 1. The second kappa shape index (κ2) is 13.9. The summed E-state index contributed by atoms with van der Waals surface area (Å²) in [5.41, 5.74) is 14.9. The van der Waals surface area contributed by atoms with Crippen LogP contribution in [0.1, 0.15) is 60.9 Å². The van der Waals surface area contributed by atoms with Crippen molar-refractivity contribution in [3.8, 4) is 22.4 Å². The number of aliphatic imine (C=N–C) groups is 1. The summed E-state index contributed by atoms with van der Waals surface area (Å²) < 4.78 is 0. The maximum absolute atomic E-state index is 5.06. The Morgan fingerprint density at radius 1 is 0.660 bits per heavy atom. The number of fused-ring (bicyclic) bond motifs is 5. The second-order valence-corrected chi connectivity index (χ2v) is 14.7. The molecule has 4 aliphatic rings. The van der Waals surface area contributed by atoms with Gasteiger partial charge in [-0.3, -0.25) is 4.99 Å². The summed E-state index contributed by atoms with van der Waals surface area (Å²) in [7, 11) is 0. The van der Waals surface area contributed by atoms with Gasteiger partial charge in [-0.05, 0) is 82.0 Å². The summed E-state index contributed by atoms with van der Waals surface area (Å²) >= 11 is 0. The molecule has 3 atom stereocenters. The van der Waals surface area contributed by atoms with Gasteiger partial charge in [0.2, 0.25) is 0 Å². The van der Waals surface area contributed by atoms with Crippen LogP contribution in [0.25, 0.3) is 51.5 Å². The molecule has 53 heavy (non-hydrogen) atoms. The van der Waals surface area contributed by atoms with Crippen molar-refractivity contribution in [2.45, 2.75) is 44.6 Å². The lowest BCUT2D eigenvalue weighted by Crippen LogP contribution is -2.24. The van der Waals surface area contributed by atoms with Gasteiger partial charge in [-0.15, -0.1) is 0 Å². The lowest BCUT2D eigenvalue weighted by Gasteiger charge is -2.30. The van der Waals surface area contributed by atoms with Crippen LogP contribution in [0.5, 0.6) is 0 Å². The highest BCUT2D eigenvalue weighted by atomic mass is 14.8. The topological polar surface area (TPSA) is 25.2 Å². The quantitative estimate of drug-likeness (QED) is 0.149. The first-order valence-electron chi connectivity index (χ1n) is 19.2. The van der Waals surface area contributed by atoms with E-state index in [9.17, 15) is 0 Å². The van der Waals surface area contributed by atoms with Crippen LogP contribution in [0.3, 0.4) is 0 Å². The third kappa shape index (κ3) is 6.23. The van der Waals surface area contributed by atoms with E-state index >= 15 is 0 Å². The van der Waals surface area contributed by atoms with Crippen molar-refractivity contribution in [1.29, 1.82) is 0 Å². The lowest BCUT2D eigenvalue weighted by molar-refractivity contribution is 0.490. The summed E-state index contributed by atoms with van der Waals surface area (Å²) in [5, 5.41) is 1.16. The number of para-hydroxylation sites is 1. The SMILES string of the molecule is CCC1(CC)c2cc(/C=C/C3=CCC(C4=NC5C=CC=CC5C=C4)C=C3)ccc2-c2ccc(/C=C/c3ccc(-c4ccc5ccccc5n4)cc3)cc21. The number of rotatable bonds is 8. The third-order valence-electron chi connectivity index (χ3n) is 11.8. The molecule has 3 unspecified atom stereocenters. The molecule has 9 rings (SSSR count). The Balaban J connectivity index is 0.907. The van der Waals surface area contributed by atoms with Crippen molar-refractivity contribution in [2.24, 2.45) is 16.8 Å². The van der Waals surface area contributed by atoms with E-state index in [0.717, 1.165) is 41.4 Å². The first kappa shape index (κ1) is 33.0. The highest BCUT2D eigenvalue weighted by molar-refractivity contribution is 5.99. The van der Waals surface area contributed by atoms with Crippen LogP contribution < -0.4 is 0 Å². The summed E-state index contributed by atoms with van der Waals surface area (Å²) in [6, 6.07) is 35.6. The molecule has 3 aliphatic carbocycles. The molecule has 0 fully saturated rings. The largest absolute Gasteiger partial charge is 0.281 e. The number of hydrogen-bond donors (Lipinski definition) is 0. The van der Waals surface area contributed by atoms with Gasteiger partial charge >= 0.3 is 0 Å². The zero-order chi connectivity index (χ0) is 35.8. The van der Waals surface area contributed by atoms with Gasteiger partial charge in [0.1, 0.15) is 0 Å². The van der Waals surface area contributed by atoms with Gasteiger partial charge in [0, 0.05) is 33.9 Å². The first-order chi connectivity index (χ1) is 26.1. The van der Waals surface area contributed by atoms with E-state index in [-0.39, 0.29) is 11.5 Å². The van der Waals surface area contributed by atoms with Gasteiger partial charge in [0.05, 0.1) is 17.3 Å². The number of benzene rings is 4. The number of allylic oxidation sites excluding steroid dienone is 8. The first-order valence-corrected chi connectivity index (χ1v) is 19.2. The van der Waals surface area contributed by atoms with Crippen molar-refractivity contribution >= 4 is 34.8 Å². The Morgan fingerprint density at radius 2 is 1.36 bits per heavy atom. The average Bonchev–Trinajstić information content (AvgIpc) is 3.50. The van der Waals surface area contributed by atoms with E-state index in [2.05, 4.69) is 184 Å². The Hall–Kier alpha value is -5.86. The van der Waals surface area contributed by atoms with Crippen LogP contribution in [0.2, 0.25) is 0 Å². The molecule has 2 nitrogen and oxygen atoms in total. The van der Waals surface area contributed by atoms with Gasteiger partial charge in [-0.25, -0.2) is 4.98 Å². The van der Waals surface area contributed by atoms with Gasteiger partial charge in [0.15, 0.2) is 0 Å². The molecule has 0 saturated heterocycles. The van der Waals surface area contributed by atoms with E-state index < -0.39 is 0 Å². The maximum atomic E-state index is 5.06. The third-order valence-corrected chi connectivity index (χ3v) is 11.8. The summed E-state index contributed by atoms with van der Waals surface area (Å²) in [6.45, 7) is 4.70. The zero-order valence-corrected chi connectivity index (χ0v) is 30.5. The van der Waals surface area contributed by atoms with E-state index in [1.165, 1.54) is 50.2 Å². The molecular weight excluding hydrogens is 641 g/mol. The number of hydrogen-bond acceptors (Lipinski definition) is 2. The van der Waals surface area contributed by atoms with E-state index in [0.29, 0.717) is 11.8 Å². The minimum Gasteiger partial charge on any atom is -0.281 e. The predicted octanol–water partition coefficient (Wildman–Crippen LogP) is 12.8. The van der Waals surface area contributed by atoms with Gasteiger partial charge in [-0.2, -0.15) is 0 Å². The molecular formula is C51H44N2. The molecule has 5 aromatic rings. The molecule has 2 heteroatoms. The van der Waals surface area contributed by atoms with Crippen LogP contribution in [-0.2, 0) is 5.41 Å². The average molecular weight is 685 g/mol. The van der Waals surface area contributed by atoms with E-state index in [1.54, 1.807) is 0 Å². The van der Waals surface area contributed by atoms with Crippen LogP contribution >= 0.6 is 0 Å². The normalized spacial score (nSPS) is 20.8. The Labute approximate surface area is 313 Å². The van der Waals surface area contributed by atoms with Gasteiger partial charge in [0.25, 0.3) is 0 Å². The monoisotopic (exact) mass is 684 g/mol. The standard InChI is InChI=1S/C51H44N2/c1-3-51(4-2)45-33-37(15-13-35-17-23-41(24-18-35)49-31-27-39-9-5-7-11-47(39)52-49)21-29-43(45)44-30-22-38(34-46(44)51)16-14-36-19-25-42(26-20-36)50-32-28-40-10-6-8-12-48(40)53-50/h5-25,27-34,40,42,48H,3-4,26H2,1-2H3/b15-13+,16-14+. The molecule has 1 aliphatic heterocycles. The number of nitrogens with zero attached hydrogens (tertiary/aromatic N) is 2. The maximum Gasteiger partial charge on any atom is 0.0783 e. The minimum atomic E-state index is 0.000654. The molecule has 2 heterocycles. The Kier molecular flexibility index (Phi) is 8.68. The highest BCUT2D eigenvalue weighted by Gasteiger charge is 2.40. The van der Waals surface area contributed by atoms with Crippen LogP contribution in [0.4, 0.5) is 0 Å². The number of pyridine rings is 1. The zero-order valence-electron chi connectivity index (χ0n) is 30.5. The number of dihydropyridines is 1.